The lowest BCUT2D eigenvalue weighted by Gasteiger charge is -2.32. The molecule has 6 nitrogen and oxygen atoms in total. The molecule has 2 aliphatic rings. The monoisotopic (exact) mass is 446 g/mol. The van der Waals surface area contributed by atoms with Crippen LogP contribution in [0.4, 0.5) is 13.2 Å². The third-order valence-electron chi connectivity index (χ3n) is 5.79. The fourth-order valence-electron chi connectivity index (χ4n) is 3.78. The number of benzene rings is 1. The highest BCUT2D eigenvalue weighted by Gasteiger charge is 2.50. The summed E-state index contributed by atoms with van der Waals surface area (Å²) in [4.78, 5) is 4.22. The summed E-state index contributed by atoms with van der Waals surface area (Å²) >= 11 is 0. The van der Waals surface area contributed by atoms with Crippen LogP contribution in [0.25, 0.3) is 0 Å². The molecule has 30 heavy (non-hydrogen) atoms. The normalized spacial score (nSPS) is 24.2. The van der Waals surface area contributed by atoms with Crippen molar-refractivity contribution in [3.05, 3.63) is 35.4 Å². The van der Waals surface area contributed by atoms with E-state index in [1.807, 2.05) is 0 Å². The molecule has 1 aromatic rings. The van der Waals surface area contributed by atoms with Crippen molar-refractivity contribution in [2.24, 2.45) is 4.99 Å². The summed E-state index contributed by atoms with van der Waals surface area (Å²) < 4.78 is 61.6. The fraction of sp³-hybridized carbons (Fsp3) is 0.650. The van der Waals surface area contributed by atoms with Gasteiger partial charge in [-0.25, -0.2) is 8.42 Å². The molecule has 1 heterocycles. The van der Waals surface area contributed by atoms with Gasteiger partial charge in [-0.3, -0.25) is 4.99 Å². The predicted molar refractivity (Wildman–Crippen MR) is 111 cm³/mol. The molecule has 168 valence electrons. The van der Waals surface area contributed by atoms with E-state index in [9.17, 15) is 21.6 Å². The van der Waals surface area contributed by atoms with Gasteiger partial charge < -0.3 is 10.6 Å². The van der Waals surface area contributed by atoms with E-state index in [4.69, 9.17) is 0 Å². The van der Waals surface area contributed by atoms with Crippen molar-refractivity contribution in [3.8, 4) is 0 Å². The van der Waals surface area contributed by atoms with Crippen molar-refractivity contribution >= 4 is 16.0 Å². The minimum Gasteiger partial charge on any atom is -0.354 e. The predicted octanol–water partition coefficient (Wildman–Crippen LogP) is 3.14. The molecule has 2 fully saturated rings. The second kappa shape index (κ2) is 8.74. The smallest absolute Gasteiger partial charge is 0.354 e. The number of nitrogens with zero attached hydrogens (tertiary/aromatic N) is 2. The van der Waals surface area contributed by atoms with Gasteiger partial charge in [0.2, 0.25) is 0 Å². The molecule has 10 heteroatoms. The van der Waals surface area contributed by atoms with Crippen LogP contribution in [0.3, 0.4) is 0 Å². The van der Waals surface area contributed by atoms with Crippen molar-refractivity contribution in [3.63, 3.8) is 0 Å². The Morgan fingerprint density at radius 2 is 1.73 bits per heavy atom. The van der Waals surface area contributed by atoms with Crippen molar-refractivity contribution in [2.75, 3.05) is 20.1 Å². The summed E-state index contributed by atoms with van der Waals surface area (Å²) in [5, 5.41) is 6.59. The quantitative estimate of drug-likeness (QED) is 0.538. The molecular weight excluding hydrogens is 417 g/mol. The molecule has 1 saturated carbocycles. The van der Waals surface area contributed by atoms with Crippen molar-refractivity contribution in [2.45, 2.75) is 62.5 Å². The van der Waals surface area contributed by atoms with Gasteiger partial charge in [0, 0.05) is 38.1 Å². The van der Waals surface area contributed by atoms with Crippen LogP contribution >= 0.6 is 0 Å². The summed E-state index contributed by atoms with van der Waals surface area (Å²) in [6.45, 7) is 4.00. The molecule has 1 aliphatic heterocycles. The van der Waals surface area contributed by atoms with Gasteiger partial charge in [0.15, 0.2) is 5.96 Å². The second-order valence-corrected chi connectivity index (χ2v) is 10.2. The zero-order chi connectivity index (χ0) is 22.1. The maximum absolute atomic E-state index is 12.7. The van der Waals surface area contributed by atoms with Crippen molar-refractivity contribution in [1.82, 2.24) is 14.9 Å². The number of piperidine rings is 1. The Kier molecular flexibility index (Phi) is 6.66. The summed E-state index contributed by atoms with van der Waals surface area (Å²) in [6, 6.07) is 8.77. The number of halogens is 3. The average molecular weight is 447 g/mol. The van der Waals surface area contributed by atoms with Gasteiger partial charge in [-0.05, 0) is 36.3 Å². The summed E-state index contributed by atoms with van der Waals surface area (Å²) in [5.41, 5.74) is -2.67. The van der Waals surface area contributed by atoms with Gasteiger partial charge in [-0.2, -0.15) is 17.5 Å². The first-order valence-corrected chi connectivity index (χ1v) is 11.6. The molecule has 0 radical (unpaired) electrons. The lowest BCUT2D eigenvalue weighted by atomic mass is 10.0. The maximum atomic E-state index is 12.7. The average Bonchev–Trinajstić information content (AvgIpc) is 3.46. The molecule has 1 aromatic carbocycles. The Bertz CT molecular complexity index is 861. The number of hydrogen-bond acceptors (Lipinski definition) is 3. The summed E-state index contributed by atoms with van der Waals surface area (Å²) in [5.74, 6) is 1.50. The van der Waals surface area contributed by atoms with Gasteiger partial charge in [0.25, 0.3) is 0 Å². The molecule has 1 aliphatic carbocycles. The standard InChI is InChI=1S/C20H29F3N4O2S/c1-13(2)14-4-6-15(7-5-14)17-12-18(17)26-19(24-3)25-16-8-10-27(11-9-16)30(28,29)20(21,22)23/h4-7,13,16-18H,8-12H2,1-3H3,(H2,24,25,26). The Balaban J connectivity index is 1.48. The molecule has 2 atom stereocenters. The first-order chi connectivity index (χ1) is 14.0. The lowest BCUT2D eigenvalue weighted by molar-refractivity contribution is -0.0494. The number of nitrogens with one attached hydrogen (secondary N) is 2. The van der Waals surface area contributed by atoms with Crippen molar-refractivity contribution < 1.29 is 21.6 Å². The van der Waals surface area contributed by atoms with Gasteiger partial charge >= 0.3 is 15.5 Å². The number of aliphatic imine (C=N–C) groups is 1. The first kappa shape index (κ1) is 22.9. The molecule has 0 amide bonds. The zero-order valence-corrected chi connectivity index (χ0v) is 18.2. The highest BCUT2D eigenvalue weighted by atomic mass is 32.2. The third kappa shape index (κ3) is 5.08. The van der Waals surface area contributed by atoms with Gasteiger partial charge in [0.05, 0.1) is 0 Å². The minimum atomic E-state index is -5.25. The van der Waals surface area contributed by atoms with E-state index >= 15 is 0 Å². The van der Waals surface area contributed by atoms with Crippen LogP contribution in [0.2, 0.25) is 0 Å². The molecule has 0 bridgehead atoms. The number of hydrogen-bond donors (Lipinski definition) is 2. The van der Waals surface area contributed by atoms with Crippen LogP contribution < -0.4 is 10.6 Å². The maximum Gasteiger partial charge on any atom is 0.511 e. The van der Waals surface area contributed by atoms with E-state index in [2.05, 4.69) is 53.7 Å². The Morgan fingerprint density at radius 3 is 2.23 bits per heavy atom. The SMILES string of the molecule is CN=C(NC1CCN(S(=O)(=O)C(F)(F)F)CC1)NC1CC1c1ccc(C(C)C)cc1. The minimum absolute atomic E-state index is 0.126. The number of guanidine groups is 1. The van der Waals surface area contributed by atoms with E-state index in [-0.39, 0.29) is 25.2 Å². The Hall–Kier alpha value is -1.81. The molecule has 2 N–H and O–H groups in total. The van der Waals surface area contributed by atoms with Crippen LogP contribution in [-0.2, 0) is 10.0 Å². The first-order valence-electron chi connectivity index (χ1n) is 10.2. The highest BCUT2D eigenvalue weighted by molar-refractivity contribution is 7.90. The van der Waals surface area contributed by atoms with Crippen LogP contribution in [0.5, 0.6) is 0 Å². The number of rotatable bonds is 5. The van der Waals surface area contributed by atoms with Crippen LogP contribution in [0.1, 0.15) is 56.1 Å². The van der Waals surface area contributed by atoms with Gasteiger partial charge in [0.1, 0.15) is 0 Å². The molecular formula is C20H29F3N4O2S. The van der Waals surface area contributed by atoms with E-state index in [1.165, 1.54) is 11.1 Å². The van der Waals surface area contributed by atoms with E-state index in [0.29, 0.717) is 34.9 Å². The van der Waals surface area contributed by atoms with Gasteiger partial charge in [-0.1, -0.05) is 38.1 Å². The number of alkyl halides is 3. The van der Waals surface area contributed by atoms with Crippen molar-refractivity contribution in [1.29, 1.82) is 0 Å². The zero-order valence-electron chi connectivity index (χ0n) is 17.4. The van der Waals surface area contributed by atoms with E-state index < -0.39 is 15.5 Å². The fourth-order valence-corrected chi connectivity index (χ4v) is 4.76. The van der Waals surface area contributed by atoms with Crippen LogP contribution in [-0.4, -0.2) is 56.4 Å². The third-order valence-corrected chi connectivity index (χ3v) is 7.42. The Labute approximate surface area is 176 Å². The molecule has 1 saturated heterocycles. The lowest BCUT2D eigenvalue weighted by Crippen LogP contribution is -2.52. The molecule has 3 rings (SSSR count). The van der Waals surface area contributed by atoms with E-state index in [0.717, 1.165) is 6.42 Å². The second-order valence-electron chi connectivity index (χ2n) is 8.26. The summed E-state index contributed by atoms with van der Waals surface area (Å²) in [7, 11) is -3.61. The van der Waals surface area contributed by atoms with E-state index in [1.54, 1.807) is 7.05 Å². The largest absolute Gasteiger partial charge is 0.511 e. The van der Waals surface area contributed by atoms with Crippen LogP contribution in [0, 0.1) is 0 Å². The highest BCUT2D eigenvalue weighted by Crippen LogP contribution is 2.41. The topological polar surface area (TPSA) is 73.8 Å². The van der Waals surface area contributed by atoms with Gasteiger partial charge in [-0.15, -0.1) is 0 Å². The molecule has 2 unspecified atom stereocenters. The summed E-state index contributed by atoms with van der Waals surface area (Å²) in [6.07, 6.45) is 1.57. The number of sulfonamides is 1. The Morgan fingerprint density at radius 1 is 1.13 bits per heavy atom. The van der Waals surface area contributed by atoms with Crippen LogP contribution in [0.15, 0.2) is 29.3 Å². The molecule has 0 spiro atoms. The molecule has 0 aromatic heterocycles.